The molecule has 1 amide bonds. The van der Waals surface area contributed by atoms with Crippen LogP contribution in [0.1, 0.15) is 6.92 Å². The van der Waals surface area contributed by atoms with Crippen molar-refractivity contribution in [3.05, 3.63) is 27.2 Å². The highest BCUT2D eigenvalue weighted by Gasteiger charge is 2.16. The van der Waals surface area contributed by atoms with Crippen LogP contribution in [-0.2, 0) is 14.3 Å². The van der Waals surface area contributed by atoms with Crippen LogP contribution in [0.4, 0.5) is 0 Å². The fourth-order valence-corrected chi connectivity index (χ4v) is 1.87. The van der Waals surface area contributed by atoms with E-state index >= 15 is 0 Å². The summed E-state index contributed by atoms with van der Waals surface area (Å²) in [6.45, 7) is 1.18. The number of benzene rings is 1. The average molecular weight is 341 g/mol. The molecular weight excluding hydrogens is 328 g/mol. The van der Waals surface area contributed by atoms with Crippen LogP contribution in [0.5, 0.6) is 5.75 Å². The molecule has 1 atom stereocenters. The van der Waals surface area contributed by atoms with Gasteiger partial charge in [0.15, 0.2) is 6.61 Å². The number of rotatable bonds is 5. The highest BCUT2D eigenvalue weighted by atomic mass is 35.5. The van der Waals surface area contributed by atoms with Crippen molar-refractivity contribution in [1.82, 2.24) is 5.32 Å². The normalized spacial score (nSPS) is 11.7. The lowest BCUT2D eigenvalue weighted by Gasteiger charge is -2.13. The van der Waals surface area contributed by atoms with E-state index in [-0.39, 0.29) is 27.4 Å². The summed E-state index contributed by atoms with van der Waals surface area (Å²) in [5.41, 5.74) is 0. The molecule has 1 rings (SSSR count). The summed E-state index contributed by atoms with van der Waals surface area (Å²) in [5, 5.41) is 3.18. The second-order valence-corrected chi connectivity index (χ2v) is 5.02. The average Bonchev–Trinajstić information content (AvgIpc) is 2.40. The van der Waals surface area contributed by atoms with Crippen LogP contribution in [0.25, 0.3) is 0 Å². The Balaban J connectivity index is 2.57. The third-order valence-electron chi connectivity index (χ3n) is 2.27. The van der Waals surface area contributed by atoms with E-state index < -0.39 is 17.9 Å². The zero-order chi connectivity index (χ0) is 15.3. The van der Waals surface area contributed by atoms with Gasteiger partial charge >= 0.3 is 5.97 Å². The summed E-state index contributed by atoms with van der Waals surface area (Å²) < 4.78 is 9.69. The zero-order valence-corrected chi connectivity index (χ0v) is 13.0. The Morgan fingerprint density at radius 1 is 1.20 bits per heavy atom. The molecule has 0 bridgehead atoms. The molecule has 1 aromatic carbocycles. The Bertz CT molecular complexity index is 522. The monoisotopic (exact) mass is 339 g/mol. The van der Waals surface area contributed by atoms with Crippen molar-refractivity contribution in [3.63, 3.8) is 0 Å². The molecule has 0 saturated carbocycles. The molecule has 0 radical (unpaired) electrons. The minimum absolute atomic E-state index is 0.224. The quantitative estimate of drug-likeness (QED) is 0.661. The molecule has 0 aromatic heterocycles. The lowest BCUT2D eigenvalue weighted by molar-refractivity contribution is -0.144. The molecule has 8 heteroatoms. The fraction of sp³-hybridized carbons (Fsp3) is 0.333. The molecule has 0 spiro atoms. The van der Waals surface area contributed by atoms with Crippen molar-refractivity contribution >= 4 is 46.7 Å². The molecule has 1 aromatic rings. The van der Waals surface area contributed by atoms with E-state index in [1.807, 2.05) is 0 Å². The summed E-state index contributed by atoms with van der Waals surface area (Å²) in [6.07, 6.45) is 0. The van der Waals surface area contributed by atoms with E-state index in [1.54, 1.807) is 0 Å². The van der Waals surface area contributed by atoms with Crippen molar-refractivity contribution in [2.24, 2.45) is 0 Å². The van der Waals surface area contributed by atoms with Crippen molar-refractivity contribution in [3.8, 4) is 5.75 Å². The molecule has 0 aliphatic carbocycles. The Labute approximate surface area is 131 Å². The van der Waals surface area contributed by atoms with Gasteiger partial charge < -0.3 is 14.8 Å². The highest BCUT2D eigenvalue weighted by molar-refractivity contribution is 6.43. The molecule has 1 N–H and O–H groups in total. The van der Waals surface area contributed by atoms with Gasteiger partial charge in [-0.1, -0.05) is 34.8 Å². The molecule has 0 saturated heterocycles. The summed E-state index contributed by atoms with van der Waals surface area (Å²) in [4.78, 5) is 22.7. The van der Waals surface area contributed by atoms with Gasteiger partial charge in [0.1, 0.15) is 11.8 Å². The number of amides is 1. The number of halogens is 3. The van der Waals surface area contributed by atoms with Gasteiger partial charge in [-0.15, -0.1) is 0 Å². The number of hydrogen-bond acceptors (Lipinski definition) is 4. The Kier molecular flexibility index (Phi) is 6.39. The third kappa shape index (κ3) is 4.74. The number of carbonyl (C=O) groups excluding carboxylic acids is 2. The topological polar surface area (TPSA) is 64.6 Å². The van der Waals surface area contributed by atoms with Crippen molar-refractivity contribution in [2.75, 3.05) is 13.7 Å². The summed E-state index contributed by atoms with van der Waals surface area (Å²) >= 11 is 17.5. The number of ether oxygens (including phenoxy) is 2. The van der Waals surface area contributed by atoms with E-state index in [4.69, 9.17) is 39.5 Å². The smallest absolute Gasteiger partial charge is 0.328 e. The maximum atomic E-state index is 11.6. The van der Waals surface area contributed by atoms with E-state index in [9.17, 15) is 9.59 Å². The van der Waals surface area contributed by atoms with E-state index in [0.717, 1.165) is 0 Å². The highest BCUT2D eigenvalue weighted by Crippen LogP contribution is 2.33. The first-order valence-corrected chi connectivity index (χ1v) is 6.63. The Hall–Kier alpha value is -1.17. The number of methoxy groups -OCH3 is 1. The van der Waals surface area contributed by atoms with Gasteiger partial charge in [-0.3, -0.25) is 4.79 Å². The Morgan fingerprint density at radius 2 is 1.80 bits per heavy atom. The van der Waals surface area contributed by atoms with Crippen LogP contribution < -0.4 is 10.1 Å². The molecule has 0 aliphatic heterocycles. The second kappa shape index (κ2) is 7.57. The molecule has 0 aliphatic rings. The fourth-order valence-electron chi connectivity index (χ4n) is 1.28. The standard InChI is InChI=1S/C12H12Cl3NO4/c1-6(12(18)19-2)16-11(17)5-20-10-4-8(14)7(13)3-9(10)15/h3-4,6H,5H2,1-2H3,(H,16,17)/t6-/m0/s1. The van der Waals surface area contributed by atoms with Crippen molar-refractivity contribution in [2.45, 2.75) is 13.0 Å². The van der Waals surface area contributed by atoms with Crippen molar-refractivity contribution in [1.29, 1.82) is 0 Å². The first-order valence-electron chi connectivity index (χ1n) is 5.49. The zero-order valence-electron chi connectivity index (χ0n) is 10.7. The van der Waals surface area contributed by atoms with Gasteiger partial charge in [0.25, 0.3) is 5.91 Å². The van der Waals surface area contributed by atoms with Gasteiger partial charge in [0.05, 0.1) is 22.2 Å². The molecule has 0 unspecified atom stereocenters. The van der Waals surface area contributed by atoms with Gasteiger partial charge in [-0.2, -0.15) is 0 Å². The number of hydrogen-bond donors (Lipinski definition) is 1. The van der Waals surface area contributed by atoms with E-state index in [2.05, 4.69) is 10.1 Å². The first kappa shape index (κ1) is 16.9. The Morgan fingerprint density at radius 3 is 2.40 bits per heavy atom. The minimum atomic E-state index is -0.764. The number of nitrogens with one attached hydrogen (secondary N) is 1. The van der Waals surface area contributed by atoms with Gasteiger partial charge in [-0.25, -0.2) is 4.79 Å². The lowest BCUT2D eigenvalue weighted by atomic mass is 10.3. The molecular formula is C12H12Cl3NO4. The number of esters is 1. The summed E-state index contributed by atoms with van der Waals surface area (Å²) in [7, 11) is 1.23. The summed E-state index contributed by atoms with van der Waals surface area (Å²) in [5.74, 6) is -0.821. The van der Waals surface area contributed by atoms with Crippen LogP contribution in [-0.4, -0.2) is 31.6 Å². The van der Waals surface area contributed by atoms with Crippen LogP contribution in [0.2, 0.25) is 15.1 Å². The van der Waals surface area contributed by atoms with Gasteiger partial charge in [0.2, 0.25) is 0 Å². The lowest BCUT2D eigenvalue weighted by Crippen LogP contribution is -2.41. The van der Waals surface area contributed by atoms with Crippen LogP contribution in [0, 0.1) is 0 Å². The number of carbonyl (C=O) groups is 2. The molecule has 20 heavy (non-hydrogen) atoms. The van der Waals surface area contributed by atoms with Crippen molar-refractivity contribution < 1.29 is 19.1 Å². The largest absolute Gasteiger partial charge is 0.482 e. The van der Waals surface area contributed by atoms with Gasteiger partial charge in [-0.05, 0) is 13.0 Å². The SMILES string of the molecule is COC(=O)[C@H](C)NC(=O)COc1cc(Cl)c(Cl)cc1Cl. The maximum Gasteiger partial charge on any atom is 0.328 e. The van der Waals surface area contributed by atoms with Crippen LogP contribution in [0.15, 0.2) is 12.1 Å². The third-order valence-corrected chi connectivity index (χ3v) is 3.28. The predicted octanol–water partition coefficient (Wildman–Crippen LogP) is 2.70. The van der Waals surface area contributed by atoms with Gasteiger partial charge in [0, 0.05) is 6.07 Å². The molecule has 110 valence electrons. The molecule has 0 fully saturated rings. The summed E-state index contributed by atoms with van der Waals surface area (Å²) in [6, 6.07) is 2.05. The predicted molar refractivity (Wildman–Crippen MR) is 76.6 cm³/mol. The van der Waals surface area contributed by atoms with Crippen LogP contribution >= 0.6 is 34.8 Å². The van der Waals surface area contributed by atoms with E-state index in [0.29, 0.717) is 0 Å². The molecule has 0 heterocycles. The van der Waals surface area contributed by atoms with Crippen LogP contribution in [0.3, 0.4) is 0 Å². The second-order valence-electron chi connectivity index (χ2n) is 3.80. The molecule has 5 nitrogen and oxygen atoms in total. The maximum absolute atomic E-state index is 11.6. The van der Waals surface area contributed by atoms with E-state index in [1.165, 1.54) is 26.2 Å². The first-order chi connectivity index (χ1) is 9.35. The minimum Gasteiger partial charge on any atom is -0.482 e.